The predicted octanol–water partition coefficient (Wildman–Crippen LogP) is 3.88. The quantitative estimate of drug-likeness (QED) is 0.674. The van der Waals surface area contributed by atoms with E-state index >= 15 is 0 Å². The Morgan fingerprint density at radius 1 is 1.28 bits per heavy atom. The Kier molecular flexibility index (Phi) is 5.18. The van der Waals surface area contributed by atoms with Crippen molar-refractivity contribution in [3.8, 4) is 11.6 Å². The third-order valence-electron chi connectivity index (χ3n) is 3.46. The molecule has 0 bridgehead atoms. The van der Waals surface area contributed by atoms with Crippen LogP contribution in [0.15, 0.2) is 45.8 Å². The third kappa shape index (κ3) is 3.74. The highest BCUT2D eigenvalue weighted by atomic mass is 32.2. The monoisotopic (exact) mass is 357 g/mol. The molecule has 1 aromatic carbocycles. The number of thioether (sulfide) groups is 1. The number of amides is 1. The molecule has 0 radical (unpaired) electrons. The largest absolute Gasteiger partial charge is 0.401 e. The summed E-state index contributed by atoms with van der Waals surface area (Å²) < 4.78 is 7.37. The van der Waals surface area contributed by atoms with Crippen LogP contribution in [0.4, 0.5) is 6.01 Å². The van der Waals surface area contributed by atoms with Gasteiger partial charge in [0.05, 0.1) is 5.56 Å². The summed E-state index contributed by atoms with van der Waals surface area (Å²) in [5.41, 5.74) is 1.30. The summed E-state index contributed by atoms with van der Waals surface area (Å²) in [4.78, 5) is 13.4. The van der Waals surface area contributed by atoms with Crippen molar-refractivity contribution in [1.29, 1.82) is 0 Å². The standard InChI is InChI=1S/C17H19N5O2S/c1-4-25-14-8-6-5-7-12(14)15(23)19-17-21-20-16(24-17)13-9-10-18-22(13)11(2)3/h5-11H,4H2,1-3H3,(H,19,21,23). The van der Waals surface area contributed by atoms with Crippen LogP contribution in [-0.2, 0) is 0 Å². The van der Waals surface area contributed by atoms with Crippen molar-refractivity contribution in [3.63, 3.8) is 0 Å². The van der Waals surface area contributed by atoms with Gasteiger partial charge in [0.1, 0.15) is 5.69 Å². The molecule has 2 heterocycles. The first kappa shape index (κ1) is 17.2. The van der Waals surface area contributed by atoms with Crippen LogP contribution in [0, 0.1) is 0 Å². The molecule has 0 aliphatic heterocycles. The maximum absolute atomic E-state index is 12.5. The number of rotatable bonds is 6. The first-order valence-electron chi connectivity index (χ1n) is 8.00. The third-order valence-corrected chi connectivity index (χ3v) is 4.41. The molecule has 1 N–H and O–H groups in total. The Bertz CT molecular complexity index is 871. The summed E-state index contributed by atoms with van der Waals surface area (Å²) in [7, 11) is 0. The molecule has 3 rings (SSSR count). The molecular weight excluding hydrogens is 338 g/mol. The number of carbonyl (C=O) groups excluding carboxylic acids is 1. The lowest BCUT2D eigenvalue weighted by molar-refractivity contribution is 0.102. The molecule has 7 nitrogen and oxygen atoms in total. The Balaban J connectivity index is 1.80. The van der Waals surface area contributed by atoms with E-state index < -0.39 is 0 Å². The minimum atomic E-state index is -0.274. The Hall–Kier alpha value is -2.61. The van der Waals surface area contributed by atoms with E-state index in [4.69, 9.17) is 4.42 Å². The highest BCUT2D eigenvalue weighted by Crippen LogP contribution is 2.25. The molecule has 0 atom stereocenters. The zero-order valence-corrected chi connectivity index (χ0v) is 15.1. The fourth-order valence-corrected chi connectivity index (χ4v) is 3.17. The van der Waals surface area contributed by atoms with Crippen LogP contribution in [0.25, 0.3) is 11.6 Å². The van der Waals surface area contributed by atoms with Gasteiger partial charge >= 0.3 is 6.01 Å². The number of hydrogen-bond acceptors (Lipinski definition) is 6. The SMILES string of the molecule is CCSc1ccccc1C(=O)Nc1nnc(-c2ccnn2C(C)C)o1. The summed E-state index contributed by atoms with van der Waals surface area (Å²) in [5.74, 6) is 0.926. The second-order valence-electron chi connectivity index (χ2n) is 5.55. The van der Waals surface area contributed by atoms with Crippen molar-refractivity contribution in [2.24, 2.45) is 0 Å². The number of aromatic nitrogens is 4. The van der Waals surface area contributed by atoms with Gasteiger partial charge in [0, 0.05) is 17.1 Å². The number of nitrogens with zero attached hydrogens (tertiary/aromatic N) is 4. The smallest absolute Gasteiger partial charge is 0.322 e. The van der Waals surface area contributed by atoms with E-state index in [0.717, 1.165) is 10.6 Å². The lowest BCUT2D eigenvalue weighted by atomic mass is 10.2. The number of benzene rings is 1. The molecule has 0 aliphatic carbocycles. The van der Waals surface area contributed by atoms with Gasteiger partial charge in [0.15, 0.2) is 0 Å². The average Bonchev–Trinajstić information content (AvgIpc) is 3.24. The van der Waals surface area contributed by atoms with E-state index in [1.165, 1.54) is 0 Å². The maximum Gasteiger partial charge on any atom is 0.322 e. The highest BCUT2D eigenvalue weighted by molar-refractivity contribution is 7.99. The molecule has 0 spiro atoms. The molecule has 1 amide bonds. The minimum absolute atomic E-state index is 0.0628. The highest BCUT2D eigenvalue weighted by Gasteiger charge is 2.18. The summed E-state index contributed by atoms with van der Waals surface area (Å²) in [6.45, 7) is 6.07. The molecule has 0 unspecified atom stereocenters. The van der Waals surface area contributed by atoms with Crippen LogP contribution in [0.5, 0.6) is 0 Å². The van der Waals surface area contributed by atoms with Gasteiger partial charge in [0.2, 0.25) is 0 Å². The van der Waals surface area contributed by atoms with Gasteiger partial charge in [-0.05, 0) is 37.8 Å². The van der Waals surface area contributed by atoms with E-state index in [9.17, 15) is 4.79 Å². The lowest BCUT2D eigenvalue weighted by Gasteiger charge is -2.08. The van der Waals surface area contributed by atoms with Gasteiger partial charge in [-0.3, -0.25) is 14.8 Å². The zero-order valence-electron chi connectivity index (χ0n) is 14.3. The fraction of sp³-hybridized carbons (Fsp3) is 0.294. The molecule has 0 saturated carbocycles. The maximum atomic E-state index is 12.5. The summed E-state index contributed by atoms with van der Waals surface area (Å²) in [6.07, 6.45) is 1.68. The van der Waals surface area contributed by atoms with Crippen LogP contribution in [-0.4, -0.2) is 31.6 Å². The van der Waals surface area contributed by atoms with Crippen LogP contribution in [0.3, 0.4) is 0 Å². The van der Waals surface area contributed by atoms with Crippen LogP contribution in [0.1, 0.15) is 37.2 Å². The van der Waals surface area contributed by atoms with Crippen molar-refractivity contribution in [1.82, 2.24) is 20.0 Å². The molecule has 2 aromatic heterocycles. The van der Waals surface area contributed by atoms with Gasteiger partial charge in [-0.15, -0.1) is 16.9 Å². The van der Waals surface area contributed by atoms with E-state index in [-0.39, 0.29) is 18.0 Å². The second-order valence-corrected chi connectivity index (χ2v) is 6.86. The molecule has 130 valence electrons. The van der Waals surface area contributed by atoms with Gasteiger partial charge in [-0.2, -0.15) is 5.10 Å². The van der Waals surface area contributed by atoms with Gasteiger partial charge in [0.25, 0.3) is 11.8 Å². The average molecular weight is 357 g/mol. The minimum Gasteiger partial charge on any atom is -0.401 e. The predicted molar refractivity (Wildman–Crippen MR) is 96.7 cm³/mol. The van der Waals surface area contributed by atoms with E-state index in [0.29, 0.717) is 17.1 Å². The number of anilines is 1. The summed E-state index contributed by atoms with van der Waals surface area (Å²) in [5, 5.41) is 14.8. The molecular formula is C17H19N5O2S. The topological polar surface area (TPSA) is 85.8 Å². The second kappa shape index (κ2) is 7.52. The molecule has 0 aliphatic rings. The molecule has 0 saturated heterocycles. The van der Waals surface area contributed by atoms with Crippen molar-refractivity contribution in [2.75, 3.05) is 11.1 Å². The number of carbonyl (C=O) groups is 1. The summed E-state index contributed by atoms with van der Waals surface area (Å²) in [6, 6.07) is 9.45. The molecule has 0 fully saturated rings. The van der Waals surface area contributed by atoms with Crippen molar-refractivity contribution in [3.05, 3.63) is 42.1 Å². The lowest BCUT2D eigenvalue weighted by Crippen LogP contribution is -2.13. The Morgan fingerprint density at radius 3 is 2.84 bits per heavy atom. The summed E-state index contributed by atoms with van der Waals surface area (Å²) >= 11 is 1.61. The fourth-order valence-electron chi connectivity index (χ4n) is 2.37. The first-order chi connectivity index (χ1) is 12.1. The van der Waals surface area contributed by atoms with Crippen molar-refractivity contribution in [2.45, 2.75) is 31.7 Å². The van der Waals surface area contributed by atoms with E-state index in [2.05, 4.69) is 20.6 Å². The normalized spacial score (nSPS) is 11.0. The molecule has 25 heavy (non-hydrogen) atoms. The molecule has 8 heteroatoms. The van der Waals surface area contributed by atoms with Crippen molar-refractivity contribution >= 4 is 23.7 Å². The number of nitrogens with one attached hydrogen (secondary N) is 1. The number of hydrogen-bond donors (Lipinski definition) is 1. The van der Waals surface area contributed by atoms with Gasteiger partial charge < -0.3 is 4.42 Å². The Labute approximate surface area is 149 Å². The van der Waals surface area contributed by atoms with Crippen molar-refractivity contribution < 1.29 is 9.21 Å². The first-order valence-corrected chi connectivity index (χ1v) is 8.99. The van der Waals surface area contributed by atoms with Gasteiger partial charge in [-0.1, -0.05) is 24.2 Å². The molecule has 3 aromatic rings. The van der Waals surface area contributed by atoms with Crippen LogP contribution in [0.2, 0.25) is 0 Å². The van der Waals surface area contributed by atoms with E-state index in [1.807, 2.05) is 39.0 Å². The van der Waals surface area contributed by atoms with Crippen LogP contribution >= 0.6 is 11.8 Å². The van der Waals surface area contributed by atoms with Crippen LogP contribution < -0.4 is 5.32 Å². The Morgan fingerprint density at radius 2 is 2.08 bits per heavy atom. The zero-order chi connectivity index (χ0) is 17.8. The van der Waals surface area contributed by atoms with Gasteiger partial charge in [-0.25, -0.2) is 0 Å². The van der Waals surface area contributed by atoms with E-state index in [1.54, 1.807) is 34.8 Å².